The molecule has 1 saturated heterocycles. The van der Waals surface area contributed by atoms with Crippen LogP contribution in [0.25, 0.3) is 0 Å². The number of rotatable bonds is 6. The van der Waals surface area contributed by atoms with Crippen LogP contribution in [-0.2, 0) is 0 Å². The van der Waals surface area contributed by atoms with Crippen LogP contribution in [0, 0.1) is 0 Å². The molecular formula is C14H26N4S. The van der Waals surface area contributed by atoms with Gasteiger partial charge in [0.2, 0.25) is 0 Å². The molecular weight excluding hydrogens is 256 g/mol. The molecule has 1 rings (SSSR count). The van der Waals surface area contributed by atoms with Gasteiger partial charge in [-0.05, 0) is 33.5 Å². The maximum Gasteiger partial charge on any atom is 0.0312 e. The number of hydrogen-bond donors (Lipinski definition) is 0. The lowest BCUT2D eigenvalue weighted by Crippen LogP contribution is -2.44. The van der Waals surface area contributed by atoms with Gasteiger partial charge in [0.25, 0.3) is 0 Å². The van der Waals surface area contributed by atoms with Gasteiger partial charge in [-0.25, -0.2) is 8.61 Å². The lowest BCUT2D eigenvalue weighted by Gasteiger charge is -2.34. The van der Waals surface area contributed by atoms with Crippen LogP contribution in [-0.4, -0.2) is 66.5 Å². The van der Waals surface area contributed by atoms with E-state index in [0.29, 0.717) is 0 Å². The summed E-state index contributed by atoms with van der Waals surface area (Å²) < 4.78 is 4.56. The SMILES string of the molecule is C=C(C)/N=C\C(=C/C)CN1CCN(SN(C)C)CC1. The van der Waals surface area contributed by atoms with E-state index < -0.39 is 0 Å². The van der Waals surface area contributed by atoms with Crippen LogP contribution >= 0.6 is 12.1 Å². The first-order valence-electron chi connectivity index (χ1n) is 6.68. The normalized spacial score (nSPS) is 19.5. The van der Waals surface area contributed by atoms with E-state index in [1.807, 2.05) is 13.1 Å². The van der Waals surface area contributed by atoms with Gasteiger partial charge in [-0.2, -0.15) is 0 Å². The fourth-order valence-corrected chi connectivity index (χ4v) is 2.65. The summed E-state index contributed by atoms with van der Waals surface area (Å²) in [6.45, 7) is 13.2. The Balaban J connectivity index is 2.37. The van der Waals surface area contributed by atoms with Gasteiger partial charge >= 0.3 is 0 Å². The summed E-state index contributed by atoms with van der Waals surface area (Å²) in [5.41, 5.74) is 2.11. The molecule has 0 saturated carbocycles. The highest BCUT2D eigenvalue weighted by atomic mass is 32.2. The Hall–Kier alpha value is -0.620. The molecule has 1 aliphatic rings. The van der Waals surface area contributed by atoms with Gasteiger partial charge in [0.05, 0.1) is 0 Å². The molecule has 0 aromatic rings. The zero-order valence-corrected chi connectivity index (χ0v) is 13.4. The molecule has 0 radical (unpaired) electrons. The molecule has 0 amide bonds. The van der Waals surface area contributed by atoms with Crippen LogP contribution in [0.4, 0.5) is 0 Å². The first-order valence-corrected chi connectivity index (χ1v) is 7.41. The highest BCUT2D eigenvalue weighted by molar-refractivity contribution is 7.94. The molecule has 4 nitrogen and oxygen atoms in total. The highest BCUT2D eigenvalue weighted by Crippen LogP contribution is 2.15. The van der Waals surface area contributed by atoms with Gasteiger partial charge < -0.3 is 0 Å². The Bertz CT molecular complexity index is 341. The highest BCUT2D eigenvalue weighted by Gasteiger charge is 2.18. The second kappa shape index (κ2) is 8.53. The molecule has 0 N–H and O–H groups in total. The Morgan fingerprint density at radius 3 is 2.42 bits per heavy atom. The van der Waals surface area contributed by atoms with Gasteiger partial charge in [-0.1, -0.05) is 12.7 Å². The molecule has 108 valence electrons. The number of allylic oxidation sites excluding steroid dienone is 2. The molecule has 0 aromatic heterocycles. The largest absolute Gasteiger partial charge is 0.296 e. The van der Waals surface area contributed by atoms with Crippen LogP contribution in [0.15, 0.2) is 28.9 Å². The summed E-state index contributed by atoms with van der Waals surface area (Å²) >= 11 is 1.80. The third kappa shape index (κ3) is 6.92. The maximum atomic E-state index is 4.28. The molecule has 1 aliphatic heterocycles. The second-order valence-electron chi connectivity index (χ2n) is 4.96. The van der Waals surface area contributed by atoms with Crippen molar-refractivity contribution < 1.29 is 0 Å². The van der Waals surface area contributed by atoms with Crippen molar-refractivity contribution >= 4 is 18.3 Å². The van der Waals surface area contributed by atoms with Crippen LogP contribution in [0.3, 0.4) is 0 Å². The molecule has 0 aliphatic carbocycles. The Morgan fingerprint density at radius 1 is 1.32 bits per heavy atom. The van der Waals surface area contributed by atoms with Gasteiger partial charge in [0.1, 0.15) is 0 Å². The zero-order chi connectivity index (χ0) is 14.3. The van der Waals surface area contributed by atoms with Crippen LogP contribution in [0.5, 0.6) is 0 Å². The van der Waals surface area contributed by atoms with Crippen molar-refractivity contribution in [3.05, 3.63) is 23.9 Å². The van der Waals surface area contributed by atoms with E-state index in [-0.39, 0.29) is 0 Å². The minimum atomic E-state index is 0.853. The number of hydrogen-bond acceptors (Lipinski definition) is 5. The maximum absolute atomic E-state index is 4.28. The van der Waals surface area contributed by atoms with Crippen molar-refractivity contribution in [3.8, 4) is 0 Å². The fraction of sp³-hybridized carbons (Fsp3) is 0.643. The Kier molecular flexibility index (Phi) is 7.38. The summed E-state index contributed by atoms with van der Waals surface area (Å²) in [5, 5.41) is 0. The summed E-state index contributed by atoms with van der Waals surface area (Å²) in [7, 11) is 4.17. The summed E-state index contributed by atoms with van der Waals surface area (Å²) in [5.74, 6) is 0. The average molecular weight is 282 g/mol. The Morgan fingerprint density at radius 2 is 1.95 bits per heavy atom. The van der Waals surface area contributed by atoms with Crippen molar-refractivity contribution in [3.63, 3.8) is 0 Å². The van der Waals surface area contributed by atoms with E-state index >= 15 is 0 Å². The predicted molar refractivity (Wildman–Crippen MR) is 86.4 cm³/mol. The molecule has 1 fully saturated rings. The van der Waals surface area contributed by atoms with Gasteiger partial charge in [-0.3, -0.25) is 9.89 Å². The van der Waals surface area contributed by atoms with E-state index in [2.05, 4.69) is 52.2 Å². The molecule has 0 unspecified atom stereocenters. The zero-order valence-electron chi connectivity index (χ0n) is 12.6. The topological polar surface area (TPSA) is 22.1 Å². The first kappa shape index (κ1) is 16.4. The van der Waals surface area contributed by atoms with Gasteiger partial charge in [-0.15, -0.1) is 0 Å². The van der Waals surface area contributed by atoms with E-state index in [9.17, 15) is 0 Å². The average Bonchev–Trinajstić information content (AvgIpc) is 2.35. The predicted octanol–water partition coefficient (Wildman–Crippen LogP) is 2.28. The standard InChI is InChI=1S/C14H26N4S/c1-6-14(11-15-13(2)3)12-17-7-9-18(10-8-17)19-16(4)5/h6,11H,2,7-10,12H2,1,3-5H3/b14-6+,15-11-. The van der Waals surface area contributed by atoms with Gasteiger partial charge in [0, 0.05) is 56.8 Å². The smallest absolute Gasteiger partial charge is 0.0312 e. The molecule has 0 atom stereocenters. The minimum absolute atomic E-state index is 0.853. The molecule has 5 heteroatoms. The number of piperazine rings is 1. The Labute approximate surface area is 122 Å². The van der Waals surface area contributed by atoms with E-state index in [1.165, 1.54) is 5.57 Å². The van der Waals surface area contributed by atoms with Crippen molar-refractivity contribution in [1.29, 1.82) is 0 Å². The molecule has 1 heterocycles. The van der Waals surface area contributed by atoms with Crippen LogP contribution in [0.1, 0.15) is 13.8 Å². The lowest BCUT2D eigenvalue weighted by molar-refractivity contribution is 0.209. The quantitative estimate of drug-likeness (QED) is 0.550. The summed E-state index contributed by atoms with van der Waals surface area (Å²) in [6, 6.07) is 0. The molecule has 19 heavy (non-hydrogen) atoms. The first-order chi connectivity index (χ1) is 9.01. The van der Waals surface area contributed by atoms with E-state index in [4.69, 9.17) is 0 Å². The molecule has 0 aromatic carbocycles. The third-order valence-electron chi connectivity index (χ3n) is 2.84. The molecule has 0 bridgehead atoms. The van der Waals surface area contributed by atoms with Gasteiger partial charge in [0.15, 0.2) is 0 Å². The van der Waals surface area contributed by atoms with Crippen LogP contribution < -0.4 is 0 Å². The fourth-order valence-electron chi connectivity index (χ4n) is 1.86. The van der Waals surface area contributed by atoms with Crippen LogP contribution in [0.2, 0.25) is 0 Å². The minimum Gasteiger partial charge on any atom is -0.296 e. The van der Waals surface area contributed by atoms with Crippen molar-refractivity contribution in [2.75, 3.05) is 46.8 Å². The number of aliphatic imine (C=N–C) groups is 1. The van der Waals surface area contributed by atoms with E-state index in [1.54, 1.807) is 12.1 Å². The molecule has 0 spiro atoms. The van der Waals surface area contributed by atoms with Crippen molar-refractivity contribution in [1.82, 2.24) is 13.5 Å². The summed E-state index contributed by atoms with van der Waals surface area (Å²) in [4.78, 5) is 6.76. The second-order valence-corrected chi connectivity index (χ2v) is 6.37. The van der Waals surface area contributed by atoms with E-state index in [0.717, 1.165) is 38.4 Å². The number of nitrogens with zero attached hydrogens (tertiary/aromatic N) is 4. The van der Waals surface area contributed by atoms with Crippen molar-refractivity contribution in [2.24, 2.45) is 4.99 Å². The lowest BCUT2D eigenvalue weighted by atomic mass is 10.2. The van der Waals surface area contributed by atoms with Crippen molar-refractivity contribution in [2.45, 2.75) is 13.8 Å². The monoisotopic (exact) mass is 282 g/mol. The summed E-state index contributed by atoms with van der Waals surface area (Å²) in [6.07, 6.45) is 4.07. The third-order valence-corrected chi connectivity index (χ3v) is 3.76.